The molecule has 0 unspecified atom stereocenters. The molecule has 0 spiro atoms. The Labute approximate surface area is 127 Å². The van der Waals surface area contributed by atoms with E-state index in [2.05, 4.69) is 11.8 Å². The highest BCUT2D eigenvalue weighted by Crippen LogP contribution is 2.15. The number of ketones is 1. The Bertz CT molecular complexity index is 399. The largest absolute Gasteiger partial charge is 0.494 e. The quantitative estimate of drug-likeness (QED) is 0.721. The van der Waals surface area contributed by atoms with Gasteiger partial charge in [0, 0.05) is 18.5 Å². The van der Waals surface area contributed by atoms with Gasteiger partial charge in [0.1, 0.15) is 5.75 Å². The third kappa shape index (κ3) is 5.14. The molecule has 0 saturated carbocycles. The molecule has 20 heavy (non-hydrogen) atoms. The number of Topliss-reactive ketones (excluding diaryl/α,β-unsaturated/α-hetero) is 1. The Morgan fingerprint density at radius 3 is 2.45 bits per heavy atom. The summed E-state index contributed by atoms with van der Waals surface area (Å²) in [6.45, 7) is 6.00. The second-order valence-corrected chi connectivity index (χ2v) is 5.09. The van der Waals surface area contributed by atoms with Gasteiger partial charge >= 0.3 is 0 Å². The number of likely N-dealkylation sites (tertiary alicyclic amines) is 1. The fraction of sp³-hybridized carbons (Fsp3) is 0.562. The van der Waals surface area contributed by atoms with Crippen LogP contribution >= 0.6 is 12.4 Å². The standard InChI is InChI=1S/C16H23NO2.ClH/c1-2-13-19-15-7-5-14(6-8-15)16(18)9-12-17-10-3-4-11-17;/h5-8H,2-4,9-13H2,1H3;1H. The molecular formula is C16H24ClNO2. The van der Waals surface area contributed by atoms with Crippen LogP contribution in [0, 0.1) is 0 Å². The molecule has 112 valence electrons. The zero-order valence-electron chi connectivity index (χ0n) is 12.1. The molecule has 0 amide bonds. The SMILES string of the molecule is CCCOc1ccc(C(=O)CCN2CCCC2)cc1.Cl. The topological polar surface area (TPSA) is 29.5 Å². The lowest BCUT2D eigenvalue weighted by Gasteiger charge is -2.13. The highest BCUT2D eigenvalue weighted by molar-refractivity contribution is 5.96. The minimum absolute atomic E-state index is 0. The van der Waals surface area contributed by atoms with Crippen LogP contribution in [0.2, 0.25) is 0 Å². The summed E-state index contributed by atoms with van der Waals surface area (Å²) in [7, 11) is 0. The van der Waals surface area contributed by atoms with Gasteiger partial charge in [-0.2, -0.15) is 0 Å². The van der Waals surface area contributed by atoms with Crippen molar-refractivity contribution < 1.29 is 9.53 Å². The van der Waals surface area contributed by atoms with Gasteiger partial charge in [0.05, 0.1) is 6.61 Å². The Balaban J connectivity index is 0.00000200. The molecule has 1 aliphatic rings. The zero-order chi connectivity index (χ0) is 13.5. The highest BCUT2D eigenvalue weighted by atomic mass is 35.5. The number of carbonyl (C=O) groups excluding carboxylic acids is 1. The fourth-order valence-corrected chi connectivity index (χ4v) is 2.37. The van der Waals surface area contributed by atoms with Gasteiger partial charge < -0.3 is 9.64 Å². The Morgan fingerprint density at radius 2 is 1.85 bits per heavy atom. The number of rotatable bonds is 7. The number of ether oxygens (including phenoxy) is 1. The van der Waals surface area contributed by atoms with Crippen LogP contribution in [0.25, 0.3) is 0 Å². The van der Waals surface area contributed by atoms with E-state index in [1.807, 2.05) is 24.3 Å². The lowest BCUT2D eigenvalue weighted by molar-refractivity contribution is 0.0969. The van der Waals surface area contributed by atoms with Gasteiger partial charge in [-0.3, -0.25) is 4.79 Å². The van der Waals surface area contributed by atoms with Crippen molar-refractivity contribution in [3.05, 3.63) is 29.8 Å². The van der Waals surface area contributed by atoms with E-state index in [-0.39, 0.29) is 18.2 Å². The predicted molar refractivity (Wildman–Crippen MR) is 84.1 cm³/mol. The van der Waals surface area contributed by atoms with Gasteiger partial charge in [0.15, 0.2) is 5.78 Å². The summed E-state index contributed by atoms with van der Waals surface area (Å²) in [4.78, 5) is 14.4. The van der Waals surface area contributed by atoms with E-state index in [4.69, 9.17) is 4.74 Å². The van der Waals surface area contributed by atoms with E-state index < -0.39 is 0 Å². The van der Waals surface area contributed by atoms with Crippen LogP contribution in [0.5, 0.6) is 5.75 Å². The first kappa shape index (κ1) is 17.0. The van der Waals surface area contributed by atoms with Crippen LogP contribution in [0.3, 0.4) is 0 Å². The molecule has 2 rings (SSSR count). The maximum atomic E-state index is 12.1. The summed E-state index contributed by atoms with van der Waals surface area (Å²) in [6.07, 6.45) is 4.17. The summed E-state index contributed by atoms with van der Waals surface area (Å²) in [5.41, 5.74) is 0.794. The Morgan fingerprint density at radius 1 is 1.20 bits per heavy atom. The molecule has 0 aliphatic carbocycles. The first-order valence-electron chi connectivity index (χ1n) is 7.28. The number of hydrogen-bond acceptors (Lipinski definition) is 3. The normalized spacial score (nSPS) is 14.8. The van der Waals surface area contributed by atoms with Gasteiger partial charge in [0.2, 0.25) is 0 Å². The van der Waals surface area contributed by atoms with Gasteiger partial charge in [-0.1, -0.05) is 6.92 Å². The molecular weight excluding hydrogens is 274 g/mol. The molecule has 4 heteroatoms. The van der Waals surface area contributed by atoms with E-state index >= 15 is 0 Å². The first-order valence-corrected chi connectivity index (χ1v) is 7.28. The molecule has 0 bridgehead atoms. The number of halogens is 1. The maximum Gasteiger partial charge on any atom is 0.164 e. The fourth-order valence-electron chi connectivity index (χ4n) is 2.37. The average molecular weight is 298 g/mol. The molecule has 1 saturated heterocycles. The van der Waals surface area contributed by atoms with Crippen molar-refractivity contribution in [3.63, 3.8) is 0 Å². The summed E-state index contributed by atoms with van der Waals surface area (Å²) in [5.74, 6) is 1.08. The monoisotopic (exact) mass is 297 g/mol. The molecule has 0 aromatic heterocycles. The zero-order valence-corrected chi connectivity index (χ0v) is 13.0. The van der Waals surface area contributed by atoms with Crippen LogP contribution in [-0.4, -0.2) is 36.9 Å². The molecule has 1 aromatic rings. The lowest BCUT2D eigenvalue weighted by Crippen LogP contribution is -2.22. The smallest absolute Gasteiger partial charge is 0.164 e. The molecule has 1 heterocycles. The second kappa shape index (κ2) is 8.98. The Kier molecular flexibility index (Phi) is 7.63. The van der Waals surface area contributed by atoms with E-state index in [1.54, 1.807) is 0 Å². The van der Waals surface area contributed by atoms with E-state index in [0.717, 1.165) is 44.0 Å². The maximum absolute atomic E-state index is 12.1. The van der Waals surface area contributed by atoms with Crippen molar-refractivity contribution in [1.82, 2.24) is 4.90 Å². The third-order valence-electron chi connectivity index (χ3n) is 3.50. The summed E-state index contributed by atoms with van der Waals surface area (Å²) in [6, 6.07) is 7.52. The van der Waals surface area contributed by atoms with Crippen molar-refractivity contribution in [3.8, 4) is 5.75 Å². The van der Waals surface area contributed by atoms with E-state index in [1.165, 1.54) is 12.8 Å². The average Bonchev–Trinajstić information content (AvgIpc) is 2.96. The van der Waals surface area contributed by atoms with Gasteiger partial charge in [-0.05, 0) is 56.6 Å². The summed E-state index contributed by atoms with van der Waals surface area (Å²) >= 11 is 0. The molecule has 1 fully saturated rings. The third-order valence-corrected chi connectivity index (χ3v) is 3.50. The van der Waals surface area contributed by atoms with Crippen molar-refractivity contribution in [1.29, 1.82) is 0 Å². The molecule has 0 N–H and O–H groups in total. The Hall–Kier alpha value is -1.06. The molecule has 3 nitrogen and oxygen atoms in total. The predicted octanol–water partition coefficient (Wildman–Crippen LogP) is 3.57. The summed E-state index contributed by atoms with van der Waals surface area (Å²) in [5, 5.41) is 0. The highest BCUT2D eigenvalue weighted by Gasteiger charge is 2.13. The van der Waals surface area contributed by atoms with Crippen LogP contribution in [0.1, 0.15) is 43.0 Å². The van der Waals surface area contributed by atoms with E-state index in [9.17, 15) is 4.79 Å². The van der Waals surface area contributed by atoms with E-state index in [0.29, 0.717) is 6.42 Å². The van der Waals surface area contributed by atoms with Crippen molar-refractivity contribution in [2.75, 3.05) is 26.2 Å². The van der Waals surface area contributed by atoms with Crippen LogP contribution in [0.4, 0.5) is 0 Å². The summed E-state index contributed by atoms with van der Waals surface area (Å²) < 4.78 is 5.51. The molecule has 0 radical (unpaired) electrons. The van der Waals surface area contributed by atoms with Gasteiger partial charge in [-0.25, -0.2) is 0 Å². The first-order chi connectivity index (χ1) is 9.29. The van der Waals surface area contributed by atoms with Crippen molar-refractivity contribution in [2.24, 2.45) is 0 Å². The van der Waals surface area contributed by atoms with Gasteiger partial charge in [-0.15, -0.1) is 12.4 Å². The van der Waals surface area contributed by atoms with Crippen LogP contribution < -0.4 is 4.74 Å². The molecule has 0 atom stereocenters. The number of benzene rings is 1. The number of nitrogens with zero attached hydrogens (tertiary/aromatic N) is 1. The van der Waals surface area contributed by atoms with Gasteiger partial charge in [0.25, 0.3) is 0 Å². The number of carbonyl (C=O) groups is 1. The van der Waals surface area contributed by atoms with Crippen molar-refractivity contribution in [2.45, 2.75) is 32.6 Å². The number of hydrogen-bond donors (Lipinski definition) is 0. The van der Waals surface area contributed by atoms with Crippen LogP contribution in [0.15, 0.2) is 24.3 Å². The molecule has 1 aliphatic heterocycles. The van der Waals surface area contributed by atoms with Crippen molar-refractivity contribution >= 4 is 18.2 Å². The minimum atomic E-state index is 0. The second-order valence-electron chi connectivity index (χ2n) is 5.09. The minimum Gasteiger partial charge on any atom is -0.494 e. The molecule has 1 aromatic carbocycles. The lowest BCUT2D eigenvalue weighted by atomic mass is 10.1. The van der Waals surface area contributed by atoms with Crippen LogP contribution in [-0.2, 0) is 0 Å².